The lowest BCUT2D eigenvalue weighted by Crippen LogP contribution is -2.13. The van der Waals surface area contributed by atoms with Crippen LogP contribution in [0.2, 0.25) is 0 Å². The number of carbonyl (C=O) groups is 1. The zero-order valence-corrected chi connectivity index (χ0v) is 8.02. The molecule has 0 unspecified atom stereocenters. The van der Waals surface area contributed by atoms with Crippen LogP contribution in [0.3, 0.4) is 0 Å². The SMILES string of the molecule is Cc1cnc([C@H](C)CC(N)=O)s1. The van der Waals surface area contributed by atoms with E-state index in [-0.39, 0.29) is 11.8 Å². The average molecular weight is 184 g/mol. The number of thiazole rings is 1. The largest absolute Gasteiger partial charge is 0.370 e. The van der Waals surface area contributed by atoms with Gasteiger partial charge in [0.05, 0.1) is 5.01 Å². The van der Waals surface area contributed by atoms with E-state index in [4.69, 9.17) is 5.73 Å². The van der Waals surface area contributed by atoms with Gasteiger partial charge in [0.2, 0.25) is 5.91 Å². The van der Waals surface area contributed by atoms with Crippen molar-refractivity contribution in [1.29, 1.82) is 0 Å². The Hall–Kier alpha value is -0.900. The van der Waals surface area contributed by atoms with Gasteiger partial charge in [-0.15, -0.1) is 11.3 Å². The fraction of sp³-hybridized carbons (Fsp3) is 0.500. The van der Waals surface area contributed by atoms with Gasteiger partial charge in [-0.25, -0.2) is 4.98 Å². The second-order valence-corrected chi connectivity index (χ2v) is 4.15. The molecule has 0 aliphatic carbocycles. The standard InChI is InChI=1S/C8H12N2OS/c1-5(3-7(9)11)8-10-4-6(2)12-8/h4-5H,3H2,1-2H3,(H2,9,11)/t5-/m1/s1. The Balaban J connectivity index is 2.64. The molecule has 4 heteroatoms. The molecule has 1 aromatic heterocycles. The van der Waals surface area contributed by atoms with Crippen LogP contribution in [0.1, 0.15) is 29.1 Å². The van der Waals surface area contributed by atoms with E-state index in [9.17, 15) is 4.79 Å². The molecule has 1 atom stereocenters. The fourth-order valence-electron chi connectivity index (χ4n) is 0.989. The van der Waals surface area contributed by atoms with Crippen LogP contribution >= 0.6 is 11.3 Å². The van der Waals surface area contributed by atoms with Crippen LogP contribution in [-0.4, -0.2) is 10.9 Å². The second-order valence-electron chi connectivity index (χ2n) is 2.88. The van der Waals surface area contributed by atoms with Crippen molar-refractivity contribution in [2.45, 2.75) is 26.2 Å². The summed E-state index contributed by atoms with van der Waals surface area (Å²) in [6, 6.07) is 0. The second kappa shape index (κ2) is 3.67. The summed E-state index contributed by atoms with van der Waals surface area (Å²) < 4.78 is 0. The number of amides is 1. The first kappa shape index (κ1) is 9.19. The Morgan fingerprint density at radius 3 is 2.92 bits per heavy atom. The summed E-state index contributed by atoms with van der Waals surface area (Å²) in [5, 5.41) is 0.992. The lowest BCUT2D eigenvalue weighted by atomic mass is 10.1. The number of nitrogens with two attached hydrogens (primary N) is 1. The molecule has 0 aliphatic heterocycles. The van der Waals surface area contributed by atoms with Crippen LogP contribution in [0, 0.1) is 6.92 Å². The highest BCUT2D eigenvalue weighted by atomic mass is 32.1. The Kier molecular flexibility index (Phi) is 2.81. The molecule has 2 N–H and O–H groups in total. The van der Waals surface area contributed by atoms with Crippen molar-refractivity contribution in [3.05, 3.63) is 16.1 Å². The maximum atomic E-state index is 10.6. The summed E-state index contributed by atoms with van der Waals surface area (Å²) >= 11 is 1.62. The van der Waals surface area contributed by atoms with E-state index in [0.29, 0.717) is 6.42 Å². The molecule has 3 nitrogen and oxygen atoms in total. The third kappa shape index (κ3) is 2.30. The van der Waals surface area contributed by atoms with E-state index in [0.717, 1.165) is 5.01 Å². The van der Waals surface area contributed by atoms with E-state index in [1.807, 2.05) is 20.0 Å². The maximum absolute atomic E-state index is 10.6. The predicted molar refractivity (Wildman–Crippen MR) is 49.1 cm³/mol. The molecule has 1 amide bonds. The molecule has 0 fully saturated rings. The number of aromatic nitrogens is 1. The predicted octanol–water partition coefficient (Wildman–Crippen LogP) is 1.43. The van der Waals surface area contributed by atoms with Gasteiger partial charge in [-0.1, -0.05) is 6.92 Å². The highest BCUT2D eigenvalue weighted by Gasteiger charge is 2.11. The molecule has 0 aromatic carbocycles. The number of rotatable bonds is 3. The molecule has 0 saturated heterocycles. The highest BCUT2D eigenvalue weighted by molar-refractivity contribution is 7.11. The van der Waals surface area contributed by atoms with Crippen molar-refractivity contribution in [1.82, 2.24) is 4.98 Å². The Morgan fingerprint density at radius 1 is 1.83 bits per heavy atom. The van der Waals surface area contributed by atoms with E-state index >= 15 is 0 Å². The van der Waals surface area contributed by atoms with Gasteiger partial charge >= 0.3 is 0 Å². The molecule has 1 aromatic rings. The molecule has 0 bridgehead atoms. The molecule has 12 heavy (non-hydrogen) atoms. The van der Waals surface area contributed by atoms with Crippen LogP contribution in [0.4, 0.5) is 0 Å². The Labute approximate surface area is 75.6 Å². The van der Waals surface area contributed by atoms with Crippen molar-refractivity contribution in [2.24, 2.45) is 5.73 Å². The number of hydrogen-bond acceptors (Lipinski definition) is 3. The van der Waals surface area contributed by atoms with Gasteiger partial charge in [0.15, 0.2) is 0 Å². The summed E-state index contributed by atoms with van der Waals surface area (Å²) in [6.45, 7) is 3.96. The van der Waals surface area contributed by atoms with Gasteiger partial charge in [-0.05, 0) is 6.92 Å². The van der Waals surface area contributed by atoms with Crippen molar-refractivity contribution >= 4 is 17.2 Å². The Morgan fingerprint density at radius 2 is 2.50 bits per heavy atom. The zero-order valence-electron chi connectivity index (χ0n) is 7.20. The summed E-state index contributed by atoms with van der Waals surface area (Å²) in [6.07, 6.45) is 2.20. The van der Waals surface area contributed by atoms with E-state index in [1.54, 1.807) is 11.3 Å². The molecule has 1 rings (SSSR count). The fourth-order valence-corrected chi connectivity index (χ4v) is 1.81. The number of nitrogens with zero attached hydrogens (tertiary/aromatic N) is 1. The number of primary amides is 1. The first-order valence-corrected chi connectivity index (χ1v) is 4.62. The van der Waals surface area contributed by atoms with E-state index in [1.165, 1.54) is 4.88 Å². The van der Waals surface area contributed by atoms with Gasteiger partial charge in [0.1, 0.15) is 0 Å². The molecular formula is C8H12N2OS. The van der Waals surface area contributed by atoms with E-state index < -0.39 is 0 Å². The number of hydrogen-bond donors (Lipinski definition) is 1. The van der Waals surface area contributed by atoms with Gasteiger partial charge in [-0.2, -0.15) is 0 Å². The summed E-state index contributed by atoms with van der Waals surface area (Å²) in [5.41, 5.74) is 5.08. The Bertz CT molecular complexity index is 282. The van der Waals surface area contributed by atoms with Gasteiger partial charge < -0.3 is 5.73 Å². The minimum atomic E-state index is -0.268. The summed E-state index contributed by atoms with van der Waals surface area (Å²) in [5.74, 6) is -0.114. The van der Waals surface area contributed by atoms with Gasteiger partial charge in [0, 0.05) is 23.4 Å². The van der Waals surface area contributed by atoms with Gasteiger partial charge in [-0.3, -0.25) is 4.79 Å². The molecule has 0 aliphatic rings. The first-order valence-electron chi connectivity index (χ1n) is 3.80. The summed E-state index contributed by atoms with van der Waals surface area (Å²) in [4.78, 5) is 15.9. The minimum absolute atomic E-state index is 0.154. The minimum Gasteiger partial charge on any atom is -0.370 e. The van der Waals surface area contributed by atoms with E-state index in [2.05, 4.69) is 4.98 Å². The van der Waals surface area contributed by atoms with Crippen molar-refractivity contribution < 1.29 is 4.79 Å². The third-order valence-electron chi connectivity index (χ3n) is 1.57. The monoisotopic (exact) mass is 184 g/mol. The average Bonchev–Trinajstić information content (AvgIpc) is 2.34. The van der Waals surface area contributed by atoms with Crippen molar-refractivity contribution in [2.75, 3.05) is 0 Å². The quantitative estimate of drug-likeness (QED) is 0.772. The number of carbonyl (C=O) groups excluding carboxylic acids is 1. The van der Waals surface area contributed by atoms with Gasteiger partial charge in [0.25, 0.3) is 0 Å². The molecule has 1 heterocycles. The molecule has 0 spiro atoms. The highest BCUT2D eigenvalue weighted by Crippen LogP contribution is 2.23. The van der Waals surface area contributed by atoms with Crippen LogP contribution in [-0.2, 0) is 4.79 Å². The topological polar surface area (TPSA) is 56.0 Å². The van der Waals surface area contributed by atoms with Crippen LogP contribution in [0.5, 0.6) is 0 Å². The lowest BCUT2D eigenvalue weighted by molar-refractivity contribution is -0.118. The van der Waals surface area contributed by atoms with Crippen molar-refractivity contribution in [3.63, 3.8) is 0 Å². The normalized spacial score (nSPS) is 12.8. The molecule has 0 radical (unpaired) electrons. The smallest absolute Gasteiger partial charge is 0.218 e. The van der Waals surface area contributed by atoms with Crippen LogP contribution < -0.4 is 5.73 Å². The third-order valence-corrected chi connectivity index (χ3v) is 2.71. The lowest BCUT2D eigenvalue weighted by Gasteiger charge is -2.03. The summed E-state index contributed by atoms with van der Waals surface area (Å²) in [7, 11) is 0. The molecular weight excluding hydrogens is 172 g/mol. The maximum Gasteiger partial charge on any atom is 0.218 e. The zero-order chi connectivity index (χ0) is 9.14. The molecule has 66 valence electrons. The van der Waals surface area contributed by atoms with Crippen LogP contribution in [0.15, 0.2) is 6.20 Å². The van der Waals surface area contributed by atoms with Crippen LogP contribution in [0.25, 0.3) is 0 Å². The van der Waals surface area contributed by atoms with Crippen molar-refractivity contribution in [3.8, 4) is 0 Å². The number of aryl methyl sites for hydroxylation is 1. The molecule has 0 saturated carbocycles. The first-order chi connectivity index (χ1) is 5.59.